The van der Waals surface area contributed by atoms with Gasteiger partial charge in [0.1, 0.15) is 17.6 Å². The lowest BCUT2D eigenvalue weighted by atomic mass is 10.1. The number of hydrogen-bond donors (Lipinski definition) is 1. The normalized spacial score (nSPS) is 10.9. The van der Waals surface area contributed by atoms with Crippen molar-refractivity contribution in [3.05, 3.63) is 106 Å². The zero-order chi connectivity index (χ0) is 26.5. The van der Waals surface area contributed by atoms with Gasteiger partial charge in [0.05, 0.1) is 31.3 Å². The van der Waals surface area contributed by atoms with E-state index in [1.165, 1.54) is 29.3 Å². The Bertz CT molecular complexity index is 1630. The Labute approximate surface area is 228 Å². The average molecular weight is 546 g/mol. The average Bonchev–Trinajstić information content (AvgIpc) is 3.38. The van der Waals surface area contributed by atoms with Crippen LogP contribution in [-0.4, -0.2) is 35.7 Å². The highest BCUT2D eigenvalue weighted by atomic mass is 35.5. The van der Waals surface area contributed by atoms with Gasteiger partial charge in [-0.2, -0.15) is 0 Å². The molecule has 0 unspecified atom stereocenters. The van der Waals surface area contributed by atoms with E-state index in [2.05, 4.69) is 10.3 Å². The number of rotatable bonds is 9. The number of methoxy groups -OCH3 is 1. The van der Waals surface area contributed by atoms with Crippen molar-refractivity contribution in [3.8, 4) is 27.6 Å². The molecule has 0 saturated carbocycles. The molecule has 38 heavy (non-hydrogen) atoms. The van der Waals surface area contributed by atoms with Crippen LogP contribution in [0.2, 0.25) is 5.02 Å². The molecule has 0 radical (unpaired) electrons. The molecule has 192 valence electrons. The van der Waals surface area contributed by atoms with Crippen molar-refractivity contribution in [1.82, 2.24) is 14.9 Å². The Morgan fingerprint density at radius 1 is 1.03 bits per heavy atom. The van der Waals surface area contributed by atoms with Crippen LogP contribution in [0, 0.1) is 0 Å². The van der Waals surface area contributed by atoms with E-state index in [4.69, 9.17) is 21.1 Å². The SMILES string of the molecule is COc1cc(-n2cnc3cc(-c4ccc(Cl)cc4)sc3c2=O)ccc1OCCNC(=O)Cc1ccccc1. The lowest BCUT2D eigenvalue weighted by molar-refractivity contribution is -0.120. The predicted octanol–water partition coefficient (Wildman–Crippen LogP) is 5.51. The topological polar surface area (TPSA) is 82.5 Å². The first kappa shape index (κ1) is 25.5. The van der Waals surface area contributed by atoms with E-state index in [0.717, 1.165) is 16.0 Å². The first-order chi connectivity index (χ1) is 18.5. The van der Waals surface area contributed by atoms with Crippen LogP contribution in [0.3, 0.4) is 0 Å². The number of carbonyl (C=O) groups excluding carboxylic acids is 1. The van der Waals surface area contributed by atoms with E-state index in [1.807, 2.05) is 60.7 Å². The molecule has 1 amide bonds. The Hall–Kier alpha value is -4.14. The molecule has 5 rings (SSSR count). The number of carbonyl (C=O) groups is 1. The van der Waals surface area contributed by atoms with Crippen LogP contribution in [-0.2, 0) is 11.2 Å². The smallest absolute Gasteiger partial charge is 0.275 e. The summed E-state index contributed by atoms with van der Waals surface area (Å²) >= 11 is 7.40. The van der Waals surface area contributed by atoms with Crippen molar-refractivity contribution >= 4 is 39.1 Å². The molecule has 0 aliphatic heterocycles. The summed E-state index contributed by atoms with van der Waals surface area (Å²) in [5.41, 5.74) is 3.00. The Morgan fingerprint density at radius 2 is 1.82 bits per heavy atom. The Morgan fingerprint density at radius 3 is 2.58 bits per heavy atom. The molecular formula is C29H24ClN3O4S. The number of nitrogens with zero attached hydrogens (tertiary/aromatic N) is 2. The molecule has 0 aliphatic rings. The van der Waals surface area contributed by atoms with Crippen molar-refractivity contribution in [1.29, 1.82) is 0 Å². The largest absolute Gasteiger partial charge is 0.493 e. The quantitative estimate of drug-likeness (QED) is 0.247. The maximum absolute atomic E-state index is 13.3. The molecular weight excluding hydrogens is 522 g/mol. The number of fused-ring (bicyclic) bond motifs is 1. The van der Waals surface area contributed by atoms with E-state index in [0.29, 0.717) is 45.4 Å². The summed E-state index contributed by atoms with van der Waals surface area (Å²) in [6, 6.07) is 24.2. The molecule has 0 fully saturated rings. The highest BCUT2D eigenvalue weighted by molar-refractivity contribution is 7.22. The van der Waals surface area contributed by atoms with Crippen LogP contribution in [0.5, 0.6) is 11.5 Å². The number of hydrogen-bond acceptors (Lipinski definition) is 6. The second-order valence-corrected chi connectivity index (χ2v) is 9.94. The summed E-state index contributed by atoms with van der Waals surface area (Å²) in [6.45, 7) is 0.622. The fraction of sp³-hybridized carbons (Fsp3) is 0.138. The maximum Gasteiger partial charge on any atom is 0.275 e. The van der Waals surface area contributed by atoms with Crippen LogP contribution < -0.4 is 20.3 Å². The van der Waals surface area contributed by atoms with Crippen molar-refractivity contribution in [2.75, 3.05) is 20.3 Å². The third-order valence-electron chi connectivity index (χ3n) is 5.88. The van der Waals surface area contributed by atoms with Gasteiger partial charge in [-0.25, -0.2) is 4.98 Å². The van der Waals surface area contributed by atoms with Gasteiger partial charge in [-0.05, 0) is 41.5 Å². The number of amides is 1. The van der Waals surface area contributed by atoms with E-state index < -0.39 is 0 Å². The second-order valence-electron chi connectivity index (χ2n) is 8.45. The molecule has 2 heterocycles. The van der Waals surface area contributed by atoms with Gasteiger partial charge < -0.3 is 14.8 Å². The molecule has 2 aromatic heterocycles. The van der Waals surface area contributed by atoms with Crippen LogP contribution in [0.1, 0.15) is 5.56 Å². The van der Waals surface area contributed by atoms with Crippen molar-refractivity contribution in [2.24, 2.45) is 0 Å². The minimum Gasteiger partial charge on any atom is -0.493 e. The molecule has 0 aliphatic carbocycles. The summed E-state index contributed by atoms with van der Waals surface area (Å²) in [6.07, 6.45) is 1.83. The lowest BCUT2D eigenvalue weighted by Gasteiger charge is -2.13. The van der Waals surface area contributed by atoms with E-state index in [9.17, 15) is 9.59 Å². The minimum atomic E-state index is -0.169. The van der Waals surface area contributed by atoms with Gasteiger partial charge in [-0.3, -0.25) is 14.2 Å². The summed E-state index contributed by atoms with van der Waals surface area (Å²) in [7, 11) is 1.54. The minimum absolute atomic E-state index is 0.0721. The van der Waals surface area contributed by atoms with Crippen LogP contribution in [0.25, 0.3) is 26.3 Å². The van der Waals surface area contributed by atoms with Crippen LogP contribution in [0.15, 0.2) is 90.0 Å². The zero-order valence-electron chi connectivity index (χ0n) is 20.5. The summed E-state index contributed by atoms with van der Waals surface area (Å²) < 4.78 is 13.4. The fourth-order valence-electron chi connectivity index (χ4n) is 3.97. The van der Waals surface area contributed by atoms with Crippen molar-refractivity contribution in [2.45, 2.75) is 6.42 Å². The van der Waals surface area contributed by atoms with Gasteiger partial charge in [-0.15, -0.1) is 11.3 Å². The fourth-order valence-corrected chi connectivity index (χ4v) is 5.15. The first-order valence-corrected chi connectivity index (χ1v) is 13.1. The number of aromatic nitrogens is 2. The molecule has 0 bridgehead atoms. The standard InChI is InChI=1S/C29H24ClN3O4S/c1-36-25-16-22(11-12-24(25)37-14-13-31-27(34)15-19-5-3-2-4-6-19)33-18-32-23-17-26(38-28(23)29(33)35)20-7-9-21(30)10-8-20/h2-12,16-18H,13-15H2,1H3,(H,31,34). The third-order valence-corrected chi connectivity index (χ3v) is 7.29. The lowest BCUT2D eigenvalue weighted by Crippen LogP contribution is -2.29. The molecule has 3 aromatic carbocycles. The van der Waals surface area contributed by atoms with Crippen LogP contribution >= 0.6 is 22.9 Å². The molecule has 0 atom stereocenters. The molecule has 0 saturated heterocycles. The first-order valence-electron chi connectivity index (χ1n) is 11.9. The summed E-state index contributed by atoms with van der Waals surface area (Å²) in [5, 5.41) is 3.51. The second kappa shape index (κ2) is 11.5. The van der Waals surface area contributed by atoms with Gasteiger partial charge in [-0.1, -0.05) is 54.1 Å². The molecule has 1 N–H and O–H groups in total. The highest BCUT2D eigenvalue weighted by Crippen LogP contribution is 2.32. The molecule has 7 nitrogen and oxygen atoms in total. The third kappa shape index (κ3) is 5.72. The van der Waals surface area contributed by atoms with Crippen molar-refractivity contribution < 1.29 is 14.3 Å². The number of ether oxygens (including phenoxy) is 2. The van der Waals surface area contributed by atoms with Gasteiger partial charge in [0, 0.05) is 16.0 Å². The van der Waals surface area contributed by atoms with Gasteiger partial charge >= 0.3 is 0 Å². The number of benzene rings is 3. The summed E-state index contributed by atoms with van der Waals surface area (Å²) in [4.78, 5) is 30.9. The summed E-state index contributed by atoms with van der Waals surface area (Å²) in [5.74, 6) is 0.909. The van der Waals surface area contributed by atoms with Crippen molar-refractivity contribution in [3.63, 3.8) is 0 Å². The van der Waals surface area contributed by atoms with Gasteiger partial charge in [0.25, 0.3) is 5.56 Å². The van der Waals surface area contributed by atoms with Gasteiger partial charge in [0.2, 0.25) is 5.91 Å². The van der Waals surface area contributed by atoms with E-state index in [1.54, 1.807) is 18.2 Å². The maximum atomic E-state index is 13.3. The number of halogens is 1. The Kier molecular flexibility index (Phi) is 7.72. The number of thiophene rings is 1. The van der Waals surface area contributed by atoms with Crippen LogP contribution in [0.4, 0.5) is 0 Å². The van der Waals surface area contributed by atoms with E-state index in [-0.39, 0.29) is 18.1 Å². The highest BCUT2D eigenvalue weighted by Gasteiger charge is 2.14. The zero-order valence-corrected chi connectivity index (χ0v) is 22.1. The van der Waals surface area contributed by atoms with E-state index >= 15 is 0 Å². The number of nitrogens with one attached hydrogen (secondary N) is 1. The van der Waals surface area contributed by atoms with Gasteiger partial charge in [0.15, 0.2) is 11.5 Å². The monoisotopic (exact) mass is 545 g/mol. The predicted molar refractivity (Wildman–Crippen MR) is 151 cm³/mol. The Balaban J connectivity index is 1.28. The molecule has 9 heteroatoms. The molecule has 0 spiro atoms. The molecule has 5 aromatic rings.